The normalized spacial score (nSPS) is 22.3. The van der Waals surface area contributed by atoms with E-state index in [1.807, 2.05) is 0 Å². The van der Waals surface area contributed by atoms with Crippen molar-refractivity contribution in [1.29, 1.82) is 0 Å². The molecule has 1 unspecified atom stereocenters. The van der Waals surface area contributed by atoms with E-state index in [0.29, 0.717) is 19.6 Å². The molecule has 5 nitrogen and oxygen atoms in total. The summed E-state index contributed by atoms with van der Waals surface area (Å²) in [6.45, 7) is 1.71. The van der Waals surface area contributed by atoms with E-state index in [4.69, 9.17) is 0 Å². The number of hydrogen-bond donors (Lipinski definition) is 1. The van der Waals surface area contributed by atoms with Crippen LogP contribution in [0.15, 0.2) is 24.3 Å². The topological polar surface area (TPSA) is 66.5 Å². The van der Waals surface area contributed by atoms with Gasteiger partial charge >= 0.3 is 0 Å². The van der Waals surface area contributed by atoms with Crippen LogP contribution in [-0.4, -0.2) is 49.9 Å². The van der Waals surface area contributed by atoms with Gasteiger partial charge in [0.1, 0.15) is 5.82 Å². The van der Waals surface area contributed by atoms with Gasteiger partial charge in [0.15, 0.2) is 9.84 Å². The van der Waals surface area contributed by atoms with E-state index < -0.39 is 9.84 Å². The number of carbonyl (C=O) groups excluding carboxylic acids is 1. The lowest BCUT2D eigenvalue weighted by atomic mass is 10.0. The molecule has 0 spiro atoms. The lowest BCUT2D eigenvalue weighted by Gasteiger charge is -2.36. The molecular formula is C18H25FN2O3S. The minimum absolute atomic E-state index is 0.00461. The standard InChI is InChI=1S/C18H25FN2O3S/c19-15-5-3-4-14(12-15)17-13-20-9-10-21(17)18(22)8-11-25(23,24)16-6-1-2-7-16/h3-5,12,16-17,20H,1-2,6-11,13H2. The summed E-state index contributed by atoms with van der Waals surface area (Å²) < 4.78 is 38.3. The molecule has 7 heteroatoms. The van der Waals surface area contributed by atoms with E-state index in [2.05, 4.69) is 5.32 Å². The second-order valence-corrected chi connectivity index (χ2v) is 9.29. The number of sulfone groups is 1. The average molecular weight is 368 g/mol. The van der Waals surface area contributed by atoms with Crippen LogP contribution in [0, 0.1) is 5.82 Å². The summed E-state index contributed by atoms with van der Waals surface area (Å²) in [4.78, 5) is 14.4. The van der Waals surface area contributed by atoms with E-state index >= 15 is 0 Å². The highest BCUT2D eigenvalue weighted by atomic mass is 32.2. The highest BCUT2D eigenvalue weighted by molar-refractivity contribution is 7.92. The van der Waals surface area contributed by atoms with Gasteiger partial charge in [-0.2, -0.15) is 0 Å². The highest BCUT2D eigenvalue weighted by Gasteiger charge is 2.32. The third-order valence-corrected chi connectivity index (χ3v) is 7.47. The van der Waals surface area contributed by atoms with Gasteiger partial charge in [-0.1, -0.05) is 25.0 Å². The molecular weight excluding hydrogens is 343 g/mol. The molecule has 0 bridgehead atoms. The van der Waals surface area contributed by atoms with Gasteiger partial charge in [-0.15, -0.1) is 0 Å². The van der Waals surface area contributed by atoms with Crippen LogP contribution < -0.4 is 5.32 Å². The number of hydrogen-bond acceptors (Lipinski definition) is 4. The number of benzene rings is 1. The number of rotatable bonds is 5. The number of halogens is 1. The number of nitrogens with zero attached hydrogens (tertiary/aromatic N) is 1. The summed E-state index contributed by atoms with van der Waals surface area (Å²) >= 11 is 0. The van der Waals surface area contributed by atoms with Crippen molar-refractivity contribution in [3.63, 3.8) is 0 Å². The number of amides is 1. The molecule has 1 atom stereocenters. The van der Waals surface area contributed by atoms with Crippen molar-refractivity contribution in [3.8, 4) is 0 Å². The zero-order valence-electron chi connectivity index (χ0n) is 14.3. The summed E-state index contributed by atoms with van der Waals surface area (Å²) in [5, 5.41) is 2.94. The Morgan fingerprint density at radius 1 is 1.28 bits per heavy atom. The summed E-state index contributed by atoms with van der Waals surface area (Å²) in [7, 11) is -3.21. The third kappa shape index (κ3) is 4.39. The Morgan fingerprint density at radius 2 is 2.04 bits per heavy atom. The van der Waals surface area contributed by atoms with Gasteiger partial charge in [-0.05, 0) is 30.5 Å². The molecule has 2 aliphatic rings. The second-order valence-electron chi connectivity index (χ2n) is 6.89. The van der Waals surface area contributed by atoms with Gasteiger partial charge in [-0.25, -0.2) is 12.8 Å². The number of piperazine rings is 1. The van der Waals surface area contributed by atoms with Gasteiger partial charge < -0.3 is 10.2 Å². The lowest BCUT2D eigenvalue weighted by Crippen LogP contribution is -2.49. The van der Waals surface area contributed by atoms with Gasteiger partial charge in [0.05, 0.1) is 17.0 Å². The SMILES string of the molecule is O=C(CCS(=O)(=O)C1CCCC1)N1CCNCC1c1cccc(F)c1. The summed E-state index contributed by atoms with van der Waals surface area (Å²) in [6.07, 6.45) is 3.35. The van der Waals surface area contributed by atoms with Crippen molar-refractivity contribution in [2.45, 2.75) is 43.4 Å². The van der Waals surface area contributed by atoms with Gasteiger partial charge in [-0.3, -0.25) is 4.79 Å². The quantitative estimate of drug-likeness (QED) is 0.864. The molecule has 1 amide bonds. The molecule has 1 heterocycles. The largest absolute Gasteiger partial charge is 0.333 e. The van der Waals surface area contributed by atoms with Crippen molar-refractivity contribution in [1.82, 2.24) is 10.2 Å². The molecule has 2 fully saturated rings. The Hall–Kier alpha value is -1.47. The smallest absolute Gasteiger partial charge is 0.224 e. The molecule has 1 aromatic rings. The van der Waals surface area contributed by atoms with Gasteiger partial charge in [0.25, 0.3) is 0 Å². The minimum Gasteiger partial charge on any atom is -0.333 e. The van der Waals surface area contributed by atoms with Crippen LogP contribution in [0.4, 0.5) is 4.39 Å². The predicted octanol–water partition coefficient (Wildman–Crippen LogP) is 2.05. The van der Waals surface area contributed by atoms with Gasteiger partial charge in [0.2, 0.25) is 5.91 Å². The fraction of sp³-hybridized carbons (Fsp3) is 0.611. The molecule has 1 aromatic carbocycles. The molecule has 1 saturated heterocycles. The van der Waals surface area contributed by atoms with E-state index in [0.717, 1.165) is 31.2 Å². The van der Waals surface area contributed by atoms with Crippen molar-refractivity contribution < 1.29 is 17.6 Å². The molecule has 3 rings (SSSR count). The highest BCUT2D eigenvalue weighted by Crippen LogP contribution is 2.27. The van der Waals surface area contributed by atoms with Crippen LogP contribution in [0.25, 0.3) is 0 Å². The molecule has 1 N–H and O–H groups in total. The molecule has 138 valence electrons. The van der Waals surface area contributed by atoms with Crippen LogP contribution in [0.2, 0.25) is 0 Å². The first-order valence-corrected chi connectivity index (χ1v) is 10.7. The number of carbonyl (C=O) groups is 1. The number of nitrogens with one attached hydrogen (secondary N) is 1. The molecule has 25 heavy (non-hydrogen) atoms. The van der Waals surface area contributed by atoms with Crippen LogP contribution >= 0.6 is 0 Å². The van der Waals surface area contributed by atoms with Crippen LogP contribution in [0.3, 0.4) is 0 Å². The van der Waals surface area contributed by atoms with Crippen molar-refractivity contribution in [3.05, 3.63) is 35.6 Å². The van der Waals surface area contributed by atoms with E-state index in [1.54, 1.807) is 17.0 Å². The predicted molar refractivity (Wildman–Crippen MR) is 94.4 cm³/mol. The first-order chi connectivity index (χ1) is 12.0. The molecule has 0 aromatic heterocycles. The fourth-order valence-corrected chi connectivity index (χ4v) is 5.65. The third-order valence-electron chi connectivity index (χ3n) is 5.21. The fourth-order valence-electron chi connectivity index (χ4n) is 3.80. The molecule has 0 radical (unpaired) electrons. The van der Waals surface area contributed by atoms with E-state index in [1.165, 1.54) is 12.1 Å². The van der Waals surface area contributed by atoms with Crippen molar-refractivity contribution in [2.24, 2.45) is 0 Å². The van der Waals surface area contributed by atoms with Crippen molar-refractivity contribution in [2.75, 3.05) is 25.4 Å². The zero-order valence-corrected chi connectivity index (χ0v) is 15.1. The van der Waals surface area contributed by atoms with Crippen LogP contribution in [0.5, 0.6) is 0 Å². The Labute approximate surface area is 148 Å². The molecule has 1 aliphatic heterocycles. The van der Waals surface area contributed by atoms with Gasteiger partial charge in [0, 0.05) is 26.1 Å². The van der Waals surface area contributed by atoms with Crippen LogP contribution in [0.1, 0.15) is 43.7 Å². The maximum Gasteiger partial charge on any atom is 0.224 e. The van der Waals surface area contributed by atoms with Crippen molar-refractivity contribution >= 4 is 15.7 Å². The summed E-state index contributed by atoms with van der Waals surface area (Å²) in [6, 6.07) is 5.99. The van der Waals surface area contributed by atoms with Crippen LogP contribution in [-0.2, 0) is 14.6 Å². The average Bonchev–Trinajstić information content (AvgIpc) is 3.15. The summed E-state index contributed by atoms with van der Waals surface area (Å²) in [5.74, 6) is -0.590. The minimum atomic E-state index is -3.21. The monoisotopic (exact) mass is 368 g/mol. The maximum atomic E-state index is 13.5. The maximum absolute atomic E-state index is 13.5. The molecule has 1 aliphatic carbocycles. The zero-order chi connectivity index (χ0) is 17.9. The second kappa shape index (κ2) is 7.83. The Morgan fingerprint density at radius 3 is 2.76 bits per heavy atom. The first-order valence-electron chi connectivity index (χ1n) is 8.94. The first kappa shape index (κ1) is 18.3. The Bertz CT molecular complexity index is 717. The van der Waals surface area contributed by atoms with E-state index in [9.17, 15) is 17.6 Å². The Balaban J connectivity index is 1.66. The summed E-state index contributed by atoms with van der Waals surface area (Å²) in [5.41, 5.74) is 0.735. The van der Waals surface area contributed by atoms with E-state index in [-0.39, 0.29) is 35.2 Å². The Kier molecular flexibility index (Phi) is 5.74. The molecule has 1 saturated carbocycles. The lowest BCUT2D eigenvalue weighted by molar-refractivity contribution is -0.134.